The van der Waals surface area contributed by atoms with Gasteiger partial charge in [-0.15, -0.1) is 0 Å². The van der Waals surface area contributed by atoms with Crippen LogP contribution in [0.15, 0.2) is 0 Å². The van der Waals surface area contributed by atoms with Gasteiger partial charge in [0.05, 0.1) is 0 Å². The van der Waals surface area contributed by atoms with E-state index in [2.05, 4.69) is 10.6 Å². The van der Waals surface area contributed by atoms with Crippen molar-refractivity contribution in [2.75, 3.05) is 0 Å². The molecule has 0 aliphatic heterocycles. The van der Waals surface area contributed by atoms with E-state index >= 15 is 0 Å². The Morgan fingerprint density at radius 3 is 1.88 bits per heavy atom. The fourth-order valence-corrected chi connectivity index (χ4v) is 1.06. The lowest BCUT2D eigenvalue weighted by Gasteiger charge is -2.28. The monoisotopic (exact) mass is 244 g/mol. The second-order valence-corrected chi connectivity index (χ2v) is 5.88. The van der Waals surface area contributed by atoms with E-state index < -0.39 is 17.2 Å². The maximum Gasteiger partial charge on any atom is 0.408 e. The first-order valence-electron chi connectivity index (χ1n) is 5.76. The van der Waals surface area contributed by atoms with Crippen LogP contribution in [0, 0.1) is 0 Å². The van der Waals surface area contributed by atoms with Crippen molar-refractivity contribution >= 4 is 12.0 Å². The van der Waals surface area contributed by atoms with Crippen molar-refractivity contribution in [3.05, 3.63) is 0 Å². The Morgan fingerprint density at radius 1 is 1.06 bits per heavy atom. The van der Waals surface area contributed by atoms with E-state index in [1.54, 1.807) is 34.6 Å². The normalized spacial score (nSPS) is 12.2. The Hall–Kier alpha value is -1.26. The number of hydrogen-bond acceptors (Lipinski definition) is 3. The third-order valence-electron chi connectivity index (χ3n) is 1.80. The van der Waals surface area contributed by atoms with Crippen LogP contribution in [0.4, 0.5) is 4.79 Å². The van der Waals surface area contributed by atoms with Gasteiger partial charge in [-0.3, -0.25) is 4.79 Å². The Labute approximate surface area is 103 Å². The smallest absolute Gasteiger partial charge is 0.408 e. The molecular weight excluding hydrogens is 220 g/mol. The zero-order chi connectivity index (χ0) is 13.9. The average molecular weight is 244 g/mol. The van der Waals surface area contributed by atoms with Gasteiger partial charge in [-0.2, -0.15) is 0 Å². The Balaban J connectivity index is 4.44. The molecule has 5 heteroatoms. The summed E-state index contributed by atoms with van der Waals surface area (Å²) in [4.78, 5) is 23.3. The number of alkyl carbamates (subject to hydrolysis) is 1. The highest BCUT2D eigenvalue weighted by Crippen LogP contribution is 2.09. The van der Waals surface area contributed by atoms with E-state index in [4.69, 9.17) is 4.74 Å². The number of carbonyl (C=O) groups is 2. The van der Waals surface area contributed by atoms with Gasteiger partial charge in [0.15, 0.2) is 0 Å². The van der Waals surface area contributed by atoms with Crippen molar-refractivity contribution in [1.82, 2.24) is 10.6 Å². The summed E-state index contributed by atoms with van der Waals surface area (Å²) in [6.45, 7) is 12.3. The van der Waals surface area contributed by atoms with Crippen molar-refractivity contribution in [2.24, 2.45) is 0 Å². The summed E-state index contributed by atoms with van der Waals surface area (Å²) in [5.41, 5.74) is -1.57. The molecule has 0 rings (SSSR count). The van der Waals surface area contributed by atoms with Crippen LogP contribution in [0.1, 0.15) is 48.5 Å². The highest BCUT2D eigenvalue weighted by molar-refractivity contribution is 5.89. The van der Waals surface area contributed by atoms with Crippen LogP contribution in [-0.2, 0) is 9.53 Å². The van der Waals surface area contributed by atoms with Crippen LogP contribution in [0.5, 0.6) is 0 Å². The lowest BCUT2D eigenvalue weighted by atomic mass is 10.0. The second-order valence-electron chi connectivity index (χ2n) is 5.88. The number of nitrogens with one attached hydrogen (secondary N) is 2. The number of amides is 2. The molecule has 2 N–H and O–H groups in total. The SMILES string of the molecule is CC(C)NC(=O)C(C)(C)NC(=O)OC(C)(C)C. The van der Waals surface area contributed by atoms with Crippen molar-refractivity contribution in [1.29, 1.82) is 0 Å². The number of rotatable bonds is 3. The Bertz CT molecular complexity index is 291. The summed E-state index contributed by atoms with van der Waals surface area (Å²) in [5, 5.41) is 5.29. The van der Waals surface area contributed by atoms with Crippen LogP contribution in [0.2, 0.25) is 0 Å². The molecule has 0 aromatic rings. The minimum atomic E-state index is -0.993. The highest BCUT2D eigenvalue weighted by atomic mass is 16.6. The van der Waals surface area contributed by atoms with Gasteiger partial charge in [0.25, 0.3) is 0 Å². The van der Waals surface area contributed by atoms with E-state index in [0.29, 0.717) is 0 Å². The first kappa shape index (κ1) is 15.7. The van der Waals surface area contributed by atoms with Gasteiger partial charge in [0.2, 0.25) is 5.91 Å². The average Bonchev–Trinajstić information content (AvgIpc) is 1.96. The zero-order valence-electron chi connectivity index (χ0n) is 11.8. The molecule has 17 heavy (non-hydrogen) atoms. The van der Waals surface area contributed by atoms with E-state index in [9.17, 15) is 9.59 Å². The summed E-state index contributed by atoms with van der Waals surface area (Å²) < 4.78 is 5.10. The van der Waals surface area contributed by atoms with E-state index in [1.165, 1.54) is 0 Å². The van der Waals surface area contributed by atoms with Gasteiger partial charge >= 0.3 is 6.09 Å². The molecule has 0 radical (unpaired) electrons. The van der Waals surface area contributed by atoms with Crippen molar-refractivity contribution < 1.29 is 14.3 Å². The lowest BCUT2D eigenvalue weighted by Crippen LogP contribution is -2.56. The quantitative estimate of drug-likeness (QED) is 0.795. The molecule has 0 spiro atoms. The minimum Gasteiger partial charge on any atom is -0.444 e. The van der Waals surface area contributed by atoms with Gasteiger partial charge in [0.1, 0.15) is 11.1 Å². The van der Waals surface area contributed by atoms with E-state index in [-0.39, 0.29) is 11.9 Å². The predicted octanol–water partition coefficient (Wildman–Crippen LogP) is 1.81. The summed E-state index contributed by atoms with van der Waals surface area (Å²) in [5.74, 6) is -0.238. The van der Waals surface area contributed by atoms with Crippen LogP contribution in [-0.4, -0.2) is 29.2 Å². The van der Waals surface area contributed by atoms with Crippen LogP contribution >= 0.6 is 0 Å². The van der Waals surface area contributed by atoms with Gasteiger partial charge in [-0.25, -0.2) is 4.79 Å². The molecule has 5 nitrogen and oxygen atoms in total. The third-order valence-corrected chi connectivity index (χ3v) is 1.80. The Kier molecular flexibility index (Phi) is 4.98. The molecule has 100 valence electrons. The number of ether oxygens (including phenoxy) is 1. The maximum atomic E-state index is 11.8. The van der Waals surface area contributed by atoms with E-state index in [1.807, 2.05) is 13.8 Å². The standard InChI is InChI=1S/C12H24N2O3/c1-8(2)13-9(15)12(6,7)14-10(16)17-11(3,4)5/h8H,1-7H3,(H,13,15)(H,14,16). The van der Waals surface area contributed by atoms with Crippen LogP contribution in [0.25, 0.3) is 0 Å². The minimum absolute atomic E-state index is 0.0298. The molecule has 0 unspecified atom stereocenters. The molecule has 0 saturated carbocycles. The highest BCUT2D eigenvalue weighted by Gasteiger charge is 2.31. The molecule has 0 fully saturated rings. The van der Waals surface area contributed by atoms with Crippen molar-refractivity contribution in [3.8, 4) is 0 Å². The lowest BCUT2D eigenvalue weighted by molar-refractivity contribution is -0.127. The molecular formula is C12H24N2O3. The topological polar surface area (TPSA) is 67.4 Å². The number of carbonyl (C=O) groups excluding carboxylic acids is 2. The molecule has 0 saturated heterocycles. The molecule has 2 amide bonds. The molecule has 0 aliphatic rings. The van der Waals surface area contributed by atoms with Gasteiger partial charge in [0, 0.05) is 6.04 Å². The fraction of sp³-hybridized carbons (Fsp3) is 0.833. The summed E-state index contributed by atoms with van der Waals surface area (Å²) in [7, 11) is 0. The molecule has 0 aliphatic carbocycles. The maximum absolute atomic E-state index is 11.8. The summed E-state index contributed by atoms with van der Waals surface area (Å²) in [6.07, 6.45) is -0.596. The number of hydrogen-bond donors (Lipinski definition) is 2. The van der Waals surface area contributed by atoms with Gasteiger partial charge in [-0.1, -0.05) is 0 Å². The van der Waals surface area contributed by atoms with Crippen molar-refractivity contribution in [3.63, 3.8) is 0 Å². The zero-order valence-corrected chi connectivity index (χ0v) is 11.8. The molecule has 0 aromatic heterocycles. The molecule has 0 aromatic carbocycles. The third kappa shape index (κ3) is 6.81. The largest absolute Gasteiger partial charge is 0.444 e. The second kappa shape index (κ2) is 5.38. The summed E-state index contributed by atoms with van der Waals surface area (Å²) >= 11 is 0. The molecule has 0 atom stereocenters. The summed E-state index contributed by atoms with van der Waals surface area (Å²) in [6, 6.07) is 0.0298. The van der Waals surface area contributed by atoms with Gasteiger partial charge < -0.3 is 15.4 Å². The molecule has 0 bridgehead atoms. The Morgan fingerprint density at radius 2 is 1.53 bits per heavy atom. The van der Waals surface area contributed by atoms with Gasteiger partial charge in [-0.05, 0) is 48.5 Å². The van der Waals surface area contributed by atoms with Crippen LogP contribution < -0.4 is 10.6 Å². The van der Waals surface area contributed by atoms with Crippen molar-refractivity contribution in [2.45, 2.75) is 65.6 Å². The van der Waals surface area contributed by atoms with Crippen LogP contribution in [0.3, 0.4) is 0 Å². The first-order chi connectivity index (χ1) is 7.44. The van der Waals surface area contributed by atoms with E-state index in [0.717, 1.165) is 0 Å². The molecule has 0 heterocycles. The predicted molar refractivity (Wildman–Crippen MR) is 66.7 cm³/mol. The first-order valence-corrected chi connectivity index (χ1v) is 5.76. The fourth-order valence-electron chi connectivity index (χ4n) is 1.06.